The zero-order valence-electron chi connectivity index (χ0n) is 13.0. The van der Waals surface area contributed by atoms with Gasteiger partial charge in [0.2, 0.25) is 5.91 Å². The molecule has 3 rings (SSSR count). The van der Waals surface area contributed by atoms with Gasteiger partial charge < -0.3 is 10.2 Å². The standard InChI is InChI=1S/C18H26N2O/c1-2-3-11-20(13-15-8-6-10-19-15)18(21)17-12-14-7-4-5-9-16(14)17/h4-5,7,9,15,17,19H,2-3,6,8,10-13H2,1H3. The van der Waals surface area contributed by atoms with Crippen LogP contribution >= 0.6 is 0 Å². The van der Waals surface area contributed by atoms with E-state index in [4.69, 9.17) is 0 Å². The molecule has 1 heterocycles. The fraction of sp³-hybridized carbons (Fsp3) is 0.611. The third-order valence-corrected chi connectivity index (χ3v) is 4.85. The minimum Gasteiger partial charge on any atom is -0.341 e. The fourth-order valence-electron chi connectivity index (χ4n) is 3.52. The van der Waals surface area contributed by atoms with Crippen LogP contribution in [0.5, 0.6) is 0 Å². The summed E-state index contributed by atoms with van der Waals surface area (Å²) in [5, 5.41) is 3.52. The Morgan fingerprint density at radius 1 is 1.38 bits per heavy atom. The van der Waals surface area contributed by atoms with E-state index in [1.165, 1.54) is 24.0 Å². The van der Waals surface area contributed by atoms with Crippen LogP contribution in [0.15, 0.2) is 24.3 Å². The number of nitrogens with one attached hydrogen (secondary N) is 1. The third-order valence-electron chi connectivity index (χ3n) is 4.85. The number of carbonyl (C=O) groups is 1. The second kappa shape index (κ2) is 6.61. The van der Waals surface area contributed by atoms with Crippen molar-refractivity contribution in [3.63, 3.8) is 0 Å². The van der Waals surface area contributed by atoms with Crippen molar-refractivity contribution in [3.8, 4) is 0 Å². The molecule has 1 aromatic rings. The molecule has 0 radical (unpaired) electrons. The minimum absolute atomic E-state index is 0.111. The summed E-state index contributed by atoms with van der Waals surface area (Å²) in [5.41, 5.74) is 2.61. The van der Waals surface area contributed by atoms with Crippen molar-refractivity contribution in [2.45, 2.75) is 51.0 Å². The second-order valence-corrected chi connectivity index (χ2v) is 6.39. The molecule has 1 amide bonds. The Bertz CT molecular complexity index is 494. The Hall–Kier alpha value is -1.35. The molecule has 0 bridgehead atoms. The smallest absolute Gasteiger partial charge is 0.230 e. The van der Waals surface area contributed by atoms with Crippen molar-refractivity contribution in [1.82, 2.24) is 10.2 Å². The van der Waals surface area contributed by atoms with Crippen LogP contribution in [0.3, 0.4) is 0 Å². The van der Waals surface area contributed by atoms with Crippen molar-refractivity contribution in [1.29, 1.82) is 0 Å². The topological polar surface area (TPSA) is 32.3 Å². The van der Waals surface area contributed by atoms with Crippen molar-refractivity contribution < 1.29 is 4.79 Å². The van der Waals surface area contributed by atoms with Gasteiger partial charge in [-0.3, -0.25) is 4.79 Å². The highest BCUT2D eigenvalue weighted by atomic mass is 16.2. The van der Waals surface area contributed by atoms with Gasteiger partial charge in [0, 0.05) is 19.1 Å². The van der Waals surface area contributed by atoms with Gasteiger partial charge in [-0.05, 0) is 43.4 Å². The first-order valence-corrected chi connectivity index (χ1v) is 8.39. The molecule has 114 valence electrons. The molecular weight excluding hydrogens is 260 g/mol. The van der Waals surface area contributed by atoms with Gasteiger partial charge >= 0.3 is 0 Å². The fourth-order valence-corrected chi connectivity index (χ4v) is 3.52. The lowest BCUT2D eigenvalue weighted by atomic mass is 9.77. The molecule has 3 heteroatoms. The number of amides is 1. The lowest BCUT2D eigenvalue weighted by Gasteiger charge is -2.35. The Morgan fingerprint density at radius 3 is 2.95 bits per heavy atom. The van der Waals surface area contributed by atoms with Crippen LogP contribution in [0.1, 0.15) is 49.7 Å². The molecule has 3 nitrogen and oxygen atoms in total. The number of nitrogens with zero attached hydrogens (tertiary/aromatic N) is 1. The maximum Gasteiger partial charge on any atom is 0.230 e. The molecule has 21 heavy (non-hydrogen) atoms. The highest BCUT2D eigenvalue weighted by Gasteiger charge is 2.35. The molecule has 0 saturated carbocycles. The zero-order chi connectivity index (χ0) is 14.7. The summed E-state index contributed by atoms with van der Waals surface area (Å²) in [6.45, 7) is 5.09. The highest BCUT2D eigenvalue weighted by Crippen LogP contribution is 2.36. The monoisotopic (exact) mass is 286 g/mol. The predicted molar refractivity (Wildman–Crippen MR) is 85.4 cm³/mol. The zero-order valence-corrected chi connectivity index (χ0v) is 13.0. The minimum atomic E-state index is 0.111. The van der Waals surface area contributed by atoms with Crippen LogP contribution in [0.4, 0.5) is 0 Å². The van der Waals surface area contributed by atoms with Gasteiger partial charge in [0.15, 0.2) is 0 Å². The molecule has 1 aliphatic heterocycles. The molecule has 1 aliphatic carbocycles. The number of carbonyl (C=O) groups excluding carboxylic acids is 1. The van der Waals surface area contributed by atoms with Crippen LogP contribution < -0.4 is 5.32 Å². The van der Waals surface area contributed by atoms with Gasteiger partial charge in [0.1, 0.15) is 0 Å². The molecule has 2 unspecified atom stereocenters. The van der Waals surface area contributed by atoms with Gasteiger partial charge in [-0.15, -0.1) is 0 Å². The summed E-state index contributed by atoms with van der Waals surface area (Å²) in [7, 11) is 0. The Labute approximate surface area is 127 Å². The maximum atomic E-state index is 12.9. The molecule has 1 N–H and O–H groups in total. The first kappa shape index (κ1) is 14.6. The third kappa shape index (κ3) is 3.13. The van der Waals surface area contributed by atoms with Gasteiger partial charge in [0.25, 0.3) is 0 Å². The Kier molecular flexibility index (Phi) is 4.59. The van der Waals surface area contributed by atoms with Crippen LogP contribution in [0, 0.1) is 0 Å². The average molecular weight is 286 g/mol. The van der Waals surface area contributed by atoms with Crippen LogP contribution in [0.2, 0.25) is 0 Å². The first-order valence-electron chi connectivity index (χ1n) is 8.39. The number of unbranched alkanes of at least 4 members (excludes halogenated alkanes) is 1. The lowest BCUT2D eigenvalue weighted by molar-refractivity contribution is -0.133. The van der Waals surface area contributed by atoms with Crippen LogP contribution in [-0.4, -0.2) is 36.5 Å². The molecule has 1 saturated heterocycles. The van der Waals surface area contributed by atoms with E-state index in [0.717, 1.165) is 38.9 Å². The van der Waals surface area contributed by atoms with E-state index in [0.29, 0.717) is 11.9 Å². The van der Waals surface area contributed by atoms with Gasteiger partial charge in [0.05, 0.1) is 5.92 Å². The van der Waals surface area contributed by atoms with E-state index in [1.54, 1.807) is 0 Å². The molecule has 1 aromatic carbocycles. The predicted octanol–water partition coefficient (Wildman–Crippen LogP) is 2.71. The summed E-state index contributed by atoms with van der Waals surface area (Å²) in [4.78, 5) is 15.0. The molecule has 1 fully saturated rings. The van der Waals surface area contributed by atoms with Crippen molar-refractivity contribution in [2.75, 3.05) is 19.6 Å². The largest absolute Gasteiger partial charge is 0.341 e. The first-order chi connectivity index (χ1) is 10.3. The maximum absolute atomic E-state index is 12.9. The van der Waals surface area contributed by atoms with E-state index in [2.05, 4.69) is 35.3 Å². The summed E-state index contributed by atoms with van der Waals surface area (Å²) < 4.78 is 0. The summed E-state index contributed by atoms with van der Waals surface area (Å²) >= 11 is 0. The summed E-state index contributed by atoms with van der Waals surface area (Å²) in [5.74, 6) is 0.454. The van der Waals surface area contributed by atoms with E-state index < -0.39 is 0 Å². The van der Waals surface area contributed by atoms with E-state index >= 15 is 0 Å². The molecular formula is C18H26N2O. The summed E-state index contributed by atoms with van der Waals surface area (Å²) in [6.07, 6.45) is 5.62. The lowest BCUT2D eigenvalue weighted by Crippen LogP contribution is -2.45. The average Bonchev–Trinajstić information content (AvgIpc) is 2.97. The van der Waals surface area contributed by atoms with E-state index in [9.17, 15) is 4.79 Å². The molecule has 2 atom stereocenters. The summed E-state index contributed by atoms with van der Waals surface area (Å²) in [6, 6.07) is 8.88. The van der Waals surface area contributed by atoms with Crippen molar-refractivity contribution >= 4 is 5.91 Å². The Morgan fingerprint density at radius 2 is 2.24 bits per heavy atom. The van der Waals surface area contributed by atoms with Gasteiger partial charge in [-0.25, -0.2) is 0 Å². The number of hydrogen-bond donors (Lipinski definition) is 1. The van der Waals surface area contributed by atoms with E-state index in [1.807, 2.05) is 6.07 Å². The SMILES string of the molecule is CCCCN(CC1CCCN1)C(=O)C1Cc2ccccc21. The normalized spacial score (nSPS) is 23.5. The van der Waals surface area contributed by atoms with Crippen LogP contribution in [-0.2, 0) is 11.2 Å². The highest BCUT2D eigenvalue weighted by molar-refractivity contribution is 5.87. The number of benzene rings is 1. The Balaban J connectivity index is 1.66. The second-order valence-electron chi connectivity index (χ2n) is 6.39. The van der Waals surface area contributed by atoms with Crippen molar-refractivity contribution in [3.05, 3.63) is 35.4 Å². The quantitative estimate of drug-likeness (QED) is 0.872. The number of hydrogen-bond acceptors (Lipinski definition) is 2. The molecule has 0 spiro atoms. The molecule has 2 aliphatic rings. The van der Waals surface area contributed by atoms with Gasteiger partial charge in [-0.1, -0.05) is 37.6 Å². The number of rotatable bonds is 6. The molecule has 0 aromatic heterocycles. The van der Waals surface area contributed by atoms with Crippen LogP contribution in [0.25, 0.3) is 0 Å². The van der Waals surface area contributed by atoms with Gasteiger partial charge in [-0.2, -0.15) is 0 Å². The van der Waals surface area contributed by atoms with Crippen molar-refractivity contribution in [2.24, 2.45) is 0 Å². The number of fused-ring (bicyclic) bond motifs is 1. The van der Waals surface area contributed by atoms with E-state index in [-0.39, 0.29) is 5.92 Å².